The Morgan fingerprint density at radius 3 is 2.27 bits per heavy atom. The van der Waals surface area contributed by atoms with Crippen molar-refractivity contribution < 1.29 is 4.42 Å². The molecule has 1 N–H and O–H groups in total. The minimum absolute atomic E-state index is 0.194. The fourth-order valence-electron chi connectivity index (χ4n) is 2.36. The van der Waals surface area contributed by atoms with Crippen molar-refractivity contribution in [3.63, 3.8) is 0 Å². The number of nitrogens with one attached hydrogen (secondary N) is 1. The van der Waals surface area contributed by atoms with Crippen LogP contribution in [0.15, 0.2) is 66.0 Å². The zero-order valence-corrected chi connectivity index (χ0v) is 15.8. The molecule has 0 bridgehead atoms. The first-order valence-electron chi connectivity index (χ1n) is 8.82. The zero-order valence-electron chi connectivity index (χ0n) is 15.0. The highest BCUT2D eigenvalue weighted by Crippen LogP contribution is 2.19. The van der Waals surface area contributed by atoms with Crippen LogP contribution in [0.1, 0.15) is 43.5 Å². The molecule has 3 aromatic heterocycles. The molecule has 6 heteroatoms. The third kappa shape index (κ3) is 7.76. The largest absolute Gasteiger partial charge is 0.451 e. The van der Waals surface area contributed by atoms with Crippen molar-refractivity contribution in [2.24, 2.45) is 0 Å². The van der Waals surface area contributed by atoms with Gasteiger partial charge < -0.3 is 9.73 Å². The minimum atomic E-state index is 0.194. The zero-order chi connectivity index (χ0) is 18.5. The van der Waals surface area contributed by atoms with Crippen LogP contribution >= 0.6 is 11.6 Å². The Kier molecular flexibility index (Phi) is 9.40. The van der Waals surface area contributed by atoms with E-state index in [-0.39, 0.29) is 5.92 Å². The van der Waals surface area contributed by atoms with Crippen molar-refractivity contribution in [2.75, 3.05) is 13.1 Å². The molecular formula is C20H25ClN4O. The number of hydrogen-bond donors (Lipinski definition) is 1. The van der Waals surface area contributed by atoms with Crippen LogP contribution in [0.25, 0.3) is 0 Å². The van der Waals surface area contributed by atoms with E-state index in [1.807, 2.05) is 18.2 Å². The number of hydrogen-bond acceptors (Lipinski definition) is 5. The Morgan fingerprint density at radius 2 is 1.85 bits per heavy atom. The average molecular weight is 373 g/mol. The number of halogens is 1. The summed E-state index contributed by atoms with van der Waals surface area (Å²) >= 11 is 5.48. The van der Waals surface area contributed by atoms with Gasteiger partial charge in [-0.05, 0) is 50.2 Å². The van der Waals surface area contributed by atoms with Crippen LogP contribution in [-0.4, -0.2) is 28.0 Å². The maximum atomic E-state index is 5.48. The molecule has 0 saturated carbocycles. The highest BCUT2D eigenvalue weighted by Gasteiger charge is 2.11. The fraction of sp³-hybridized carbons (Fsp3) is 0.350. The number of rotatable bonds is 2. The summed E-state index contributed by atoms with van der Waals surface area (Å²) in [5.74, 6) is 0.194. The summed E-state index contributed by atoms with van der Waals surface area (Å²) in [6.07, 6.45) is 12.4. The molecule has 1 atom stereocenters. The van der Waals surface area contributed by atoms with Crippen LogP contribution in [0.5, 0.6) is 0 Å². The molecule has 1 unspecified atom stereocenters. The van der Waals surface area contributed by atoms with Crippen LogP contribution in [0, 0.1) is 0 Å². The number of nitrogens with zero attached hydrogens (tertiary/aromatic N) is 3. The van der Waals surface area contributed by atoms with Gasteiger partial charge in [-0.25, -0.2) is 4.98 Å². The maximum absolute atomic E-state index is 5.48. The summed E-state index contributed by atoms with van der Waals surface area (Å²) in [5.41, 5.74) is 1.93. The van der Waals surface area contributed by atoms with E-state index in [9.17, 15) is 0 Å². The van der Waals surface area contributed by atoms with Crippen molar-refractivity contribution in [1.82, 2.24) is 20.3 Å². The van der Waals surface area contributed by atoms with E-state index >= 15 is 0 Å². The van der Waals surface area contributed by atoms with Gasteiger partial charge in [0.1, 0.15) is 6.26 Å². The molecule has 26 heavy (non-hydrogen) atoms. The van der Waals surface area contributed by atoms with E-state index in [2.05, 4.69) is 27.2 Å². The van der Waals surface area contributed by atoms with Crippen molar-refractivity contribution in [3.05, 3.63) is 78.0 Å². The summed E-state index contributed by atoms with van der Waals surface area (Å²) < 4.78 is 4.92. The van der Waals surface area contributed by atoms with Crippen LogP contribution in [0.3, 0.4) is 0 Å². The van der Waals surface area contributed by atoms with Gasteiger partial charge in [-0.1, -0.05) is 31.0 Å². The van der Waals surface area contributed by atoms with E-state index in [0.29, 0.717) is 5.02 Å². The van der Waals surface area contributed by atoms with Gasteiger partial charge in [-0.15, -0.1) is 0 Å². The van der Waals surface area contributed by atoms with Gasteiger partial charge in [-0.2, -0.15) is 0 Å². The standard InChI is InChI=1S/C10H10N2O.C5H4ClN.C5H11N/c1-8(10-6-13-7-12-10)9-4-2-3-5-11-9;6-5-2-1-3-7-4-5;1-2-4-6-5-3-1/h2-8H,1H3;1-4H;6H,1-5H2. The lowest BCUT2D eigenvalue weighted by Gasteiger charge is -2.08. The SMILES string of the molecule is C1CCNCC1.CC(c1ccccn1)c1cocn1.Clc1cccnc1. The summed E-state index contributed by atoms with van der Waals surface area (Å²) in [6, 6.07) is 9.44. The molecule has 1 aliphatic rings. The van der Waals surface area contributed by atoms with Gasteiger partial charge in [0.25, 0.3) is 0 Å². The van der Waals surface area contributed by atoms with Gasteiger partial charge in [0.2, 0.25) is 0 Å². The van der Waals surface area contributed by atoms with Crippen LogP contribution < -0.4 is 5.32 Å². The maximum Gasteiger partial charge on any atom is 0.180 e. The Balaban J connectivity index is 0.000000157. The highest BCUT2D eigenvalue weighted by atomic mass is 35.5. The Bertz CT molecular complexity index is 677. The number of pyridine rings is 2. The van der Waals surface area contributed by atoms with E-state index in [1.165, 1.54) is 38.7 Å². The molecular weight excluding hydrogens is 348 g/mol. The van der Waals surface area contributed by atoms with E-state index < -0.39 is 0 Å². The van der Waals surface area contributed by atoms with Crippen molar-refractivity contribution in [2.45, 2.75) is 32.1 Å². The third-order valence-corrected chi connectivity index (χ3v) is 4.08. The first kappa shape index (κ1) is 20.1. The lowest BCUT2D eigenvalue weighted by atomic mass is 10.0. The molecule has 138 valence electrons. The molecule has 0 aromatic carbocycles. The Morgan fingerprint density at radius 1 is 1.00 bits per heavy atom. The monoisotopic (exact) mass is 372 g/mol. The lowest BCUT2D eigenvalue weighted by molar-refractivity contribution is 0.520. The van der Waals surface area contributed by atoms with Crippen LogP contribution in [0.2, 0.25) is 5.02 Å². The molecule has 1 aliphatic heterocycles. The van der Waals surface area contributed by atoms with Crippen molar-refractivity contribution in [3.8, 4) is 0 Å². The highest BCUT2D eigenvalue weighted by molar-refractivity contribution is 6.30. The van der Waals surface area contributed by atoms with Gasteiger partial charge in [0.05, 0.1) is 10.7 Å². The molecule has 0 aliphatic carbocycles. The Labute approximate surface area is 159 Å². The van der Waals surface area contributed by atoms with Crippen LogP contribution in [-0.2, 0) is 0 Å². The molecule has 1 saturated heterocycles. The predicted molar refractivity (Wildman–Crippen MR) is 104 cm³/mol. The topological polar surface area (TPSA) is 63.8 Å². The molecule has 3 aromatic rings. The average Bonchev–Trinajstić information content (AvgIpc) is 3.26. The molecule has 0 spiro atoms. The predicted octanol–water partition coefficient (Wildman–Crippen LogP) is 4.72. The van der Waals surface area contributed by atoms with E-state index in [1.54, 1.807) is 37.0 Å². The molecule has 5 nitrogen and oxygen atoms in total. The molecule has 4 rings (SSSR count). The third-order valence-electron chi connectivity index (χ3n) is 3.86. The summed E-state index contributed by atoms with van der Waals surface area (Å²) in [7, 11) is 0. The number of aromatic nitrogens is 3. The van der Waals surface area contributed by atoms with Gasteiger partial charge >= 0.3 is 0 Å². The fourth-order valence-corrected chi connectivity index (χ4v) is 2.49. The van der Waals surface area contributed by atoms with Gasteiger partial charge in [0.15, 0.2) is 6.39 Å². The molecule has 0 amide bonds. The normalized spacial score (nSPS) is 14.2. The molecule has 4 heterocycles. The second kappa shape index (κ2) is 12.2. The van der Waals surface area contributed by atoms with Crippen molar-refractivity contribution in [1.29, 1.82) is 0 Å². The minimum Gasteiger partial charge on any atom is -0.451 e. The summed E-state index contributed by atoms with van der Waals surface area (Å²) in [5, 5.41) is 3.97. The molecule has 0 radical (unpaired) electrons. The quantitative estimate of drug-likeness (QED) is 0.705. The summed E-state index contributed by atoms with van der Waals surface area (Å²) in [4.78, 5) is 12.1. The first-order valence-corrected chi connectivity index (χ1v) is 9.20. The summed E-state index contributed by atoms with van der Waals surface area (Å²) in [6.45, 7) is 4.56. The van der Waals surface area contributed by atoms with E-state index in [4.69, 9.17) is 16.0 Å². The van der Waals surface area contributed by atoms with Crippen molar-refractivity contribution >= 4 is 11.6 Å². The van der Waals surface area contributed by atoms with Gasteiger partial charge in [-0.3, -0.25) is 9.97 Å². The van der Waals surface area contributed by atoms with Crippen LogP contribution in [0.4, 0.5) is 0 Å². The second-order valence-corrected chi connectivity index (χ2v) is 6.31. The number of piperidine rings is 1. The lowest BCUT2D eigenvalue weighted by Crippen LogP contribution is -2.21. The second-order valence-electron chi connectivity index (χ2n) is 5.87. The van der Waals surface area contributed by atoms with Gasteiger partial charge in [0, 0.05) is 30.2 Å². The van der Waals surface area contributed by atoms with E-state index in [0.717, 1.165) is 11.4 Å². The number of oxazole rings is 1. The smallest absolute Gasteiger partial charge is 0.180 e. The first-order chi connectivity index (χ1) is 12.8. The molecule has 1 fully saturated rings. The Hall–Kier alpha value is -2.24.